The van der Waals surface area contributed by atoms with Crippen LogP contribution in [0.5, 0.6) is 11.6 Å². The van der Waals surface area contributed by atoms with Gasteiger partial charge in [0.1, 0.15) is 31.3 Å². The average molecular weight is 805 g/mol. The van der Waals surface area contributed by atoms with E-state index in [0.717, 1.165) is 12.8 Å². The zero-order valence-corrected chi connectivity index (χ0v) is 34.4. The fourth-order valence-corrected chi connectivity index (χ4v) is 6.69. The molecule has 3 N–H and O–H groups in total. The minimum absolute atomic E-state index is 0.00397. The minimum Gasteiger partial charge on any atom is -0.484 e. The summed E-state index contributed by atoms with van der Waals surface area (Å²) in [5.74, 6) is -0.510. The van der Waals surface area contributed by atoms with Crippen LogP contribution in [0.2, 0.25) is 0 Å². The smallest absolute Gasteiger partial charge is 0.306 e. The van der Waals surface area contributed by atoms with Gasteiger partial charge in [-0.15, -0.1) is 0 Å². The van der Waals surface area contributed by atoms with Crippen molar-refractivity contribution in [3.63, 3.8) is 0 Å². The Bertz CT molecular complexity index is 1680. The second-order valence-corrected chi connectivity index (χ2v) is 14.8. The maximum absolute atomic E-state index is 12.7. The van der Waals surface area contributed by atoms with Crippen LogP contribution in [0.4, 0.5) is 5.95 Å². The van der Waals surface area contributed by atoms with Crippen molar-refractivity contribution in [1.29, 1.82) is 5.26 Å². The number of anilines is 1. The van der Waals surface area contributed by atoms with Crippen LogP contribution in [0, 0.1) is 11.3 Å². The molecule has 1 aromatic carbocycles. The van der Waals surface area contributed by atoms with Gasteiger partial charge >= 0.3 is 5.97 Å². The van der Waals surface area contributed by atoms with E-state index >= 15 is 0 Å². The van der Waals surface area contributed by atoms with Crippen molar-refractivity contribution >= 4 is 34.9 Å². The van der Waals surface area contributed by atoms with Crippen LogP contribution in [-0.2, 0) is 23.9 Å². The number of para-hydroxylation sites is 1. The number of amides is 2. The largest absolute Gasteiger partial charge is 0.484 e. The Labute approximate surface area is 343 Å². The first-order valence-electron chi connectivity index (χ1n) is 21.5. The summed E-state index contributed by atoms with van der Waals surface area (Å²) < 4.78 is 24.7. The molecule has 0 saturated carbocycles. The van der Waals surface area contributed by atoms with Crippen molar-refractivity contribution in [1.82, 2.24) is 30.2 Å². The van der Waals surface area contributed by atoms with Crippen molar-refractivity contribution in [2.45, 2.75) is 141 Å². The number of carbonyl (C=O) groups excluding carboxylic acids is 3. The molecule has 0 unspecified atom stereocenters. The molecule has 0 bridgehead atoms. The Kier molecular flexibility index (Phi) is 22.0. The highest BCUT2D eigenvalue weighted by Gasteiger charge is 2.28. The Morgan fingerprint density at radius 2 is 1.53 bits per heavy atom. The Balaban J connectivity index is 1.10. The van der Waals surface area contributed by atoms with E-state index < -0.39 is 24.2 Å². The number of unbranched alkanes of at least 4 members (excludes halogenated alkanes) is 15. The van der Waals surface area contributed by atoms with Crippen LogP contribution in [0.1, 0.15) is 135 Å². The van der Waals surface area contributed by atoms with Gasteiger partial charge in [0.2, 0.25) is 17.7 Å². The maximum Gasteiger partial charge on any atom is 0.306 e. The fraction of sp³-hybridized carbons (Fsp3) is 0.651. The maximum atomic E-state index is 12.7. The van der Waals surface area contributed by atoms with Gasteiger partial charge in [-0.3, -0.25) is 24.3 Å². The third-order valence-corrected chi connectivity index (χ3v) is 9.90. The Morgan fingerprint density at radius 3 is 2.21 bits per heavy atom. The lowest BCUT2D eigenvalue weighted by Crippen LogP contribution is -2.44. The van der Waals surface area contributed by atoms with E-state index in [9.17, 15) is 14.4 Å². The molecule has 1 aliphatic heterocycles. The van der Waals surface area contributed by atoms with Crippen LogP contribution in [0.25, 0.3) is 11.2 Å². The molecule has 1 aliphatic rings. The summed E-state index contributed by atoms with van der Waals surface area (Å²) in [5.41, 5.74) is 0.651. The molecule has 0 radical (unpaired) electrons. The van der Waals surface area contributed by atoms with Crippen molar-refractivity contribution in [3.05, 3.63) is 36.7 Å². The second-order valence-electron chi connectivity index (χ2n) is 14.8. The lowest BCUT2D eigenvalue weighted by molar-refractivity contribution is -0.155. The highest BCUT2D eigenvalue weighted by Crippen LogP contribution is 2.27. The van der Waals surface area contributed by atoms with Crippen LogP contribution in [-0.4, -0.2) is 82.9 Å². The number of hydrogen-bond acceptors (Lipinski definition) is 12. The highest BCUT2D eigenvalue weighted by atomic mass is 16.6. The molecular weight excluding hydrogens is 741 g/mol. The topological polar surface area (TPSA) is 192 Å². The van der Waals surface area contributed by atoms with E-state index in [0.29, 0.717) is 36.5 Å². The quantitative estimate of drug-likeness (QED) is 0.0450. The van der Waals surface area contributed by atoms with Crippen molar-refractivity contribution in [3.8, 4) is 17.7 Å². The van der Waals surface area contributed by atoms with Gasteiger partial charge in [0.15, 0.2) is 17.8 Å². The molecule has 2 aromatic heterocycles. The predicted molar refractivity (Wildman–Crippen MR) is 221 cm³/mol. The van der Waals surface area contributed by atoms with E-state index in [-0.39, 0.29) is 56.8 Å². The number of morpholine rings is 1. The highest BCUT2D eigenvalue weighted by molar-refractivity contribution is 5.91. The molecule has 58 heavy (non-hydrogen) atoms. The van der Waals surface area contributed by atoms with Crippen molar-refractivity contribution < 1.29 is 33.3 Å². The number of esters is 1. The van der Waals surface area contributed by atoms with E-state index in [1.165, 1.54) is 96.2 Å². The average Bonchev–Trinajstić information content (AvgIpc) is 3.67. The van der Waals surface area contributed by atoms with Gasteiger partial charge in [-0.25, -0.2) is 4.98 Å². The van der Waals surface area contributed by atoms with Gasteiger partial charge in [-0.05, 0) is 18.6 Å². The first-order valence-corrected chi connectivity index (χ1v) is 21.5. The summed E-state index contributed by atoms with van der Waals surface area (Å²) in [4.78, 5) is 50.9. The number of fused-ring (bicyclic) bond motifs is 1. The molecule has 1 fully saturated rings. The lowest BCUT2D eigenvalue weighted by atomic mass is 10.0. The number of carbonyl (C=O) groups is 3. The van der Waals surface area contributed by atoms with E-state index in [4.69, 9.17) is 24.2 Å². The number of nitrogens with zero attached hydrogens (tertiary/aromatic N) is 5. The van der Waals surface area contributed by atoms with Crippen LogP contribution in [0.3, 0.4) is 0 Å². The molecule has 4 rings (SSSR count). The predicted octanol–water partition coefficient (Wildman–Crippen LogP) is 7.32. The second kappa shape index (κ2) is 27.8. The number of aromatic nitrogens is 4. The summed E-state index contributed by atoms with van der Waals surface area (Å²) in [6.45, 7) is 3.52. The Hall–Kier alpha value is -4.81. The molecule has 15 heteroatoms. The number of rotatable bonds is 30. The van der Waals surface area contributed by atoms with Crippen molar-refractivity contribution in [2.24, 2.45) is 0 Å². The number of nitrogens with one attached hydrogen (secondary N) is 3. The van der Waals surface area contributed by atoms with E-state index in [2.05, 4.69) is 37.8 Å². The van der Waals surface area contributed by atoms with Gasteiger partial charge in [0.25, 0.3) is 5.91 Å². The molecule has 3 aromatic rings. The van der Waals surface area contributed by atoms with E-state index in [1.807, 2.05) is 12.1 Å². The van der Waals surface area contributed by atoms with Crippen LogP contribution < -0.4 is 25.4 Å². The summed E-state index contributed by atoms with van der Waals surface area (Å²) in [5, 5.41) is 17.8. The zero-order valence-electron chi connectivity index (χ0n) is 34.4. The standard InChI is InChI=1S/C43H64N8O7/c1-2-3-4-5-6-7-8-9-10-11-12-13-14-15-16-20-27-46-36(52)24-25-39(54)57-31-35-29-45-30-38(58-35)51-33-47-40-41(51)49-43(50-42(40)55-28-21-26-44)48-37(53)32-56-34-22-18-17-19-23-34/h17-19,22-23,33,35,38,45H,2-16,20-21,24-25,27-32H2,1H3,(H,46,52)(H,48,49,50,53)/t35-,38+/m0/s1. The number of benzene rings is 1. The number of imidazole rings is 1. The molecule has 2 atom stereocenters. The molecule has 1 saturated heterocycles. The first kappa shape index (κ1) is 45.9. The third-order valence-electron chi connectivity index (χ3n) is 9.90. The summed E-state index contributed by atoms with van der Waals surface area (Å²) >= 11 is 0. The monoisotopic (exact) mass is 804 g/mol. The normalized spacial score (nSPS) is 15.1. The molecule has 3 heterocycles. The molecule has 0 aliphatic carbocycles. The number of hydrogen-bond donors (Lipinski definition) is 3. The van der Waals surface area contributed by atoms with Gasteiger partial charge in [-0.2, -0.15) is 15.2 Å². The number of ether oxygens (including phenoxy) is 4. The molecule has 318 valence electrons. The molecule has 15 nitrogen and oxygen atoms in total. The molecule has 0 spiro atoms. The van der Waals surface area contributed by atoms with Crippen LogP contribution in [0.15, 0.2) is 36.7 Å². The fourth-order valence-electron chi connectivity index (χ4n) is 6.69. The summed E-state index contributed by atoms with van der Waals surface area (Å²) in [6.07, 6.45) is 21.5. The first-order chi connectivity index (χ1) is 28.5. The minimum atomic E-state index is -0.593. The summed E-state index contributed by atoms with van der Waals surface area (Å²) in [7, 11) is 0. The van der Waals surface area contributed by atoms with Crippen LogP contribution >= 0.6 is 0 Å². The van der Waals surface area contributed by atoms with Gasteiger partial charge in [-0.1, -0.05) is 121 Å². The zero-order chi connectivity index (χ0) is 41.0. The molecular formula is C43H64N8O7. The Morgan fingerprint density at radius 1 is 0.862 bits per heavy atom. The van der Waals surface area contributed by atoms with Gasteiger partial charge in [0.05, 0.1) is 25.2 Å². The van der Waals surface area contributed by atoms with E-state index in [1.54, 1.807) is 28.8 Å². The van der Waals surface area contributed by atoms with Gasteiger partial charge in [0, 0.05) is 26.1 Å². The number of nitriles is 1. The lowest BCUT2D eigenvalue weighted by Gasteiger charge is -2.31. The van der Waals surface area contributed by atoms with Crippen molar-refractivity contribution in [2.75, 3.05) is 44.8 Å². The SMILES string of the molecule is CCCCCCCCCCCCCCCCCCNC(=O)CCC(=O)OC[C@@H]1CNC[C@H](n2cnc3c(OCCC#N)nc(NC(=O)COc4ccccc4)nc32)O1. The molecule has 2 amide bonds. The summed E-state index contributed by atoms with van der Waals surface area (Å²) in [6, 6.07) is 11.0. The van der Waals surface area contributed by atoms with Gasteiger partial charge < -0.3 is 29.6 Å². The third kappa shape index (κ3) is 17.8.